The maximum Gasteiger partial charge on any atom is 0.145 e. The molecule has 0 atom stereocenters. The molecule has 6 heteroatoms. The number of hydrogen-bond acceptors (Lipinski definition) is 4. The maximum absolute atomic E-state index is 5.79. The summed E-state index contributed by atoms with van der Waals surface area (Å²) in [6.45, 7) is 3.98. The summed E-state index contributed by atoms with van der Waals surface area (Å²) in [5, 5.41) is 0.775. The van der Waals surface area contributed by atoms with Gasteiger partial charge in [0.2, 0.25) is 0 Å². The molecule has 1 aliphatic rings. The molecule has 0 aliphatic carbocycles. The van der Waals surface area contributed by atoms with Crippen molar-refractivity contribution < 1.29 is 4.74 Å². The second-order valence-corrected chi connectivity index (χ2v) is 4.09. The highest BCUT2D eigenvalue weighted by Gasteiger charge is 2.12. The van der Waals surface area contributed by atoms with Gasteiger partial charge in [-0.05, 0) is 0 Å². The average molecular weight is 248 g/mol. The molecule has 1 aromatic rings. The summed E-state index contributed by atoms with van der Waals surface area (Å²) < 4.78 is 5.25. The smallest absolute Gasteiger partial charge is 0.145 e. The minimum Gasteiger partial charge on any atom is -0.379 e. The predicted octanol–water partition coefficient (Wildman–Crippen LogP) is 1.62. The molecule has 82 valence electrons. The third kappa shape index (κ3) is 3.28. The maximum atomic E-state index is 5.79. The molecular formula is C9H11Cl2N3O. The van der Waals surface area contributed by atoms with Crippen LogP contribution in [0.5, 0.6) is 0 Å². The van der Waals surface area contributed by atoms with E-state index >= 15 is 0 Å². The zero-order chi connectivity index (χ0) is 10.7. The molecule has 0 spiro atoms. The average Bonchev–Trinajstić information content (AvgIpc) is 2.17. The van der Waals surface area contributed by atoms with Crippen LogP contribution >= 0.6 is 23.2 Å². The largest absolute Gasteiger partial charge is 0.379 e. The summed E-state index contributed by atoms with van der Waals surface area (Å²) in [5.41, 5.74) is 0. The number of halogens is 2. The van der Waals surface area contributed by atoms with Gasteiger partial charge in [-0.25, -0.2) is 9.97 Å². The Kier molecular flexibility index (Phi) is 3.75. The van der Waals surface area contributed by atoms with Crippen molar-refractivity contribution in [1.82, 2.24) is 14.9 Å². The highest BCUT2D eigenvalue weighted by molar-refractivity contribution is 6.33. The quantitative estimate of drug-likeness (QED) is 0.745. The first-order chi connectivity index (χ1) is 7.24. The fourth-order valence-corrected chi connectivity index (χ4v) is 1.92. The molecule has 0 N–H and O–H groups in total. The van der Waals surface area contributed by atoms with E-state index in [1.807, 2.05) is 0 Å². The summed E-state index contributed by atoms with van der Waals surface area (Å²) in [7, 11) is 0. The monoisotopic (exact) mass is 247 g/mol. The number of nitrogens with zero attached hydrogens (tertiary/aromatic N) is 3. The number of morpholine rings is 1. The van der Waals surface area contributed by atoms with Crippen molar-refractivity contribution in [2.24, 2.45) is 0 Å². The van der Waals surface area contributed by atoms with E-state index in [4.69, 9.17) is 27.9 Å². The Balaban J connectivity index is 2.02. The number of ether oxygens (including phenoxy) is 1. The van der Waals surface area contributed by atoms with Gasteiger partial charge in [0.25, 0.3) is 0 Å². The lowest BCUT2D eigenvalue weighted by Crippen LogP contribution is -2.36. The van der Waals surface area contributed by atoms with E-state index in [-0.39, 0.29) is 0 Å². The third-order valence-electron chi connectivity index (χ3n) is 2.18. The van der Waals surface area contributed by atoms with Crippen LogP contribution in [0.1, 0.15) is 5.82 Å². The molecule has 0 unspecified atom stereocenters. The summed E-state index contributed by atoms with van der Waals surface area (Å²) in [5.74, 6) is 0.661. The zero-order valence-corrected chi connectivity index (χ0v) is 9.63. The number of rotatable bonds is 2. The van der Waals surface area contributed by atoms with Gasteiger partial charge in [0.05, 0.1) is 19.8 Å². The summed E-state index contributed by atoms with van der Waals surface area (Å²) >= 11 is 11.6. The van der Waals surface area contributed by atoms with E-state index in [1.165, 1.54) is 6.07 Å². The van der Waals surface area contributed by atoms with Crippen molar-refractivity contribution in [2.45, 2.75) is 6.54 Å². The number of hydrogen-bond donors (Lipinski definition) is 0. The van der Waals surface area contributed by atoms with Gasteiger partial charge in [0.15, 0.2) is 0 Å². The first kappa shape index (κ1) is 11.1. The van der Waals surface area contributed by atoms with Crippen LogP contribution < -0.4 is 0 Å². The predicted molar refractivity (Wildman–Crippen MR) is 58.1 cm³/mol. The van der Waals surface area contributed by atoms with Gasteiger partial charge in [0, 0.05) is 19.2 Å². The molecule has 4 nitrogen and oxygen atoms in total. The van der Waals surface area contributed by atoms with Crippen molar-refractivity contribution in [3.8, 4) is 0 Å². The Morgan fingerprint density at radius 2 is 1.80 bits per heavy atom. The first-order valence-electron chi connectivity index (χ1n) is 4.73. The minimum absolute atomic E-state index is 0.387. The van der Waals surface area contributed by atoms with Crippen LogP contribution in [-0.4, -0.2) is 41.2 Å². The van der Waals surface area contributed by atoms with Crippen molar-refractivity contribution in [1.29, 1.82) is 0 Å². The lowest BCUT2D eigenvalue weighted by Gasteiger charge is -2.25. The second-order valence-electron chi connectivity index (χ2n) is 3.32. The van der Waals surface area contributed by atoms with Crippen molar-refractivity contribution in [2.75, 3.05) is 26.3 Å². The molecule has 15 heavy (non-hydrogen) atoms. The van der Waals surface area contributed by atoms with Crippen LogP contribution in [0.4, 0.5) is 0 Å². The third-order valence-corrected chi connectivity index (χ3v) is 2.57. The zero-order valence-electron chi connectivity index (χ0n) is 8.12. The second kappa shape index (κ2) is 5.07. The Labute approximate surface area is 98.2 Å². The summed E-state index contributed by atoms with van der Waals surface area (Å²) in [6, 6.07) is 1.53. The summed E-state index contributed by atoms with van der Waals surface area (Å²) in [6.07, 6.45) is 0. The molecule has 2 rings (SSSR count). The van der Waals surface area contributed by atoms with Gasteiger partial charge in [-0.1, -0.05) is 23.2 Å². The Morgan fingerprint density at radius 3 is 2.40 bits per heavy atom. The molecule has 0 radical (unpaired) electrons. The van der Waals surface area contributed by atoms with E-state index in [2.05, 4.69) is 14.9 Å². The van der Waals surface area contributed by atoms with Crippen LogP contribution in [0, 0.1) is 0 Å². The molecule has 1 saturated heterocycles. The van der Waals surface area contributed by atoms with Gasteiger partial charge in [-0.2, -0.15) is 0 Å². The fourth-order valence-electron chi connectivity index (χ4n) is 1.46. The topological polar surface area (TPSA) is 38.2 Å². The summed E-state index contributed by atoms with van der Waals surface area (Å²) in [4.78, 5) is 10.4. The normalized spacial score (nSPS) is 18.0. The highest BCUT2D eigenvalue weighted by Crippen LogP contribution is 2.13. The van der Waals surface area contributed by atoms with Crippen molar-refractivity contribution in [3.05, 3.63) is 22.2 Å². The van der Waals surface area contributed by atoms with Crippen LogP contribution in [0.3, 0.4) is 0 Å². The molecule has 0 saturated carbocycles. The number of aromatic nitrogens is 2. The van der Waals surface area contributed by atoms with E-state index in [0.717, 1.165) is 26.3 Å². The molecule has 2 heterocycles. The molecule has 0 amide bonds. The lowest BCUT2D eigenvalue weighted by molar-refractivity contribution is 0.0330. The standard InChI is InChI=1S/C9H11Cl2N3O/c10-7-5-8(11)13-9(12-7)6-14-1-3-15-4-2-14/h5H,1-4,6H2. The molecule has 0 aromatic carbocycles. The van der Waals surface area contributed by atoms with Gasteiger partial charge >= 0.3 is 0 Å². The molecule has 1 fully saturated rings. The van der Waals surface area contributed by atoms with E-state index in [9.17, 15) is 0 Å². The van der Waals surface area contributed by atoms with E-state index in [1.54, 1.807) is 0 Å². The van der Waals surface area contributed by atoms with Gasteiger partial charge in [-0.3, -0.25) is 4.90 Å². The Bertz CT molecular complexity index is 322. The fraction of sp³-hybridized carbons (Fsp3) is 0.556. The van der Waals surface area contributed by atoms with E-state index < -0.39 is 0 Å². The SMILES string of the molecule is Clc1cc(Cl)nc(CN2CCOCC2)n1. The Hall–Kier alpha value is -0.420. The molecule has 0 bridgehead atoms. The van der Waals surface area contributed by atoms with E-state index in [0.29, 0.717) is 22.7 Å². The van der Waals surface area contributed by atoms with Crippen LogP contribution in [0.2, 0.25) is 10.3 Å². The molecule has 1 aliphatic heterocycles. The van der Waals surface area contributed by atoms with Gasteiger partial charge in [0.1, 0.15) is 16.1 Å². The molecule has 1 aromatic heterocycles. The Morgan fingerprint density at radius 1 is 1.20 bits per heavy atom. The van der Waals surface area contributed by atoms with Crippen molar-refractivity contribution in [3.63, 3.8) is 0 Å². The first-order valence-corrected chi connectivity index (χ1v) is 5.49. The molecular weight excluding hydrogens is 237 g/mol. The van der Waals surface area contributed by atoms with Gasteiger partial charge in [-0.15, -0.1) is 0 Å². The van der Waals surface area contributed by atoms with Crippen LogP contribution in [-0.2, 0) is 11.3 Å². The van der Waals surface area contributed by atoms with Crippen molar-refractivity contribution >= 4 is 23.2 Å². The lowest BCUT2D eigenvalue weighted by atomic mass is 10.4. The van der Waals surface area contributed by atoms with Gasteiger partial charge < -0.3 is 4.74 Å². The van der Waals surface area contributed by atoms with Crippen LogP contribution in [0.15, 0.2) is 6.07 Å². The highest BCUT2D eigenvalue weighted by atomic mass is 35.5. The minimum atomic E-state index is 0.387. The van der Waals surface area contributed by atoms with Crippen LogP contribution in [0.25, 0.3) is 0 Å².